The molecule has 6 N–H and O–H groups in total. The summed E-state index contributed by atoms with van der Waals surface area (Å²) >= 11 is 0. The van der Waals surface area contributed by atoms with Crippen molar-refractivity contribution in [2.45, 2.75) is 72.0 Å². The first-order valence-corrected chi connectivity index (χ1v) is 13.5. The van der Waals surface area contributed by atoms with Crippen LogP contribution in [-0.4, -0.2) is 59.3 Å². The summed E-state index contributed by atoms with van der Waals surface area (Å²) in [6.07, 6.45) is 4.47. The van der Waals surface area contributed by atoms with E-state index < -0.39 is 53.1 Å². The topological polar surface area (TPSA) is 172 Å². The third kappa shape index (κ3) is 11.3. The number of carbonyl (C=O) groups excluding carboxylic acids is 5. The van der Waals surface area contributed by atoms with Crippen LogP contribution >= 0.6 is 0 Å². The number of aryl methyl sites for hydroxylation is 1. The van der Waals surface area contributed by atoms with Crippen molar-refractivity contribution in [3.63, 3.8) is 0 Å². The number of carbonyl (C=O) groups is 5. The van der Waals surface area contributed by atoms with E-state index in [-0.39, 0.29) is 25.9 Å². The summed E-state index contributed by atoms with van der Waals surface area (Å²) in [5, 5.41) is 8.37. The molecule has 1 aromatic heterocycles. The van der Waals surface area contributed by atoms with Gasteiger partial charge in [0.1, 0.15) is 17.8 Å². The third-order valence-corrected chi connectivity index (χ3v) is 6.22. The van der Waals surface area contributed by atoms with Crippen LogP contribution in [-0.2, 0) is 30.3 Å². The Bertz CT molecular complexity index is 1210. The molecule has 1 aromatic carbocycles. The molecule has 11 nitrogen and oxygen atoms in total. The molecule has 0 saturated heterocycles. The Hall–Kier alpha value is -4.41. The summed E-state index contributed by atoms with van der Waals surface area (Å²) in [5.41, 5.74) is 6.75. The maximum absolute atomic E-state index is 13.6. The molecule has 0 spiro atoms. The monoisotopic (exact) mass is 567 g/mol. The number of hydrogen-bond donors (Lipinski definition) is 5. The summed E-state index contributed by atoms with van der Waals surface area (Å²) in [5.74, 6) is -2.70. The van der Waals surface area contributed by atoms with Gasteiger partial charge in [-0.3, -0.25) is 19.2 Å². The van der Waals surface area contributed by atoms with Gasteiger partial charge in [0, 0.05) is 31.2 Å². The first kappa shape index (κ1) is 32.8. The Kier molecular flexibility index (Phi) is 12.3. The minimum absolute atomic E-state index is 0.0377. The van der Waals surface area contributed by atoms with Crippen LogP contribution in [0, 0.1) is 12.3 Å². The van der Waals surface area contributed by atoms with Gasteiger partial charge >= 0.3 is 5.97 Å². The molecule has 2 rings (SSSR count). The molecule has 41 heavy (non-hydrogen) atoms. The summed E-state index contributed by atoms with van der Waals surface area (Å²) in [7, 11) is 0. The van der Waals surface area contributed by atoms with Crippen LogP contribution in [0.5, 0.6) is 0 Å². The quantitative estimate of drug-likeness (QED) is 0.173. The summed E-state index contributed by atoms with van der Waals surface area (Å²) in [6, 6.07) is 8.05. The normalized spacial score (nSPS) is 13.6. The number of hydrogen-bond acceptors (Lipinski definition) is 6. The van der Waals surface area contributed by atoms with E-state index >= 15 is 0 Å². The molecule has 222 valence electrons. The van der Waals surface area contributed by atoms with Gasteiger partial charge in [0.05, 0.1) is 6.61 Å². The van der Waals surface area contributed by atoms with E-state index in [2.05, 4.69) is 20.9 Å². The first-order chi connectivity index (χ1) is 19.3. The highest BCUT2D eigenvalue weighted by molar-refractivity contribution is 5.97. The fraction of sp³-hybridized carbons (Fsp3) is 0.433. The average molecular weight is 568 g/mol. The number of ether oxygens (including phenoxy) is 1. The van der Waals surface area contributed by atoms with E-state index in [0.29, 0.717) is 5.69 Å². The van der Waals surface area contributed by atoms with Crippen LogP contribution in [0.1, 0.15) is 62.2 Å². The van der Waals surface area contributed by atoms with Gasteiger partial charge in [0.2, 0.25) is 17.7 Å². The number of nitrogens with one attached hydrogen (secondary N) is 4. The van der Waals surface area contributed by atoms with Crippen molar-refractivity contribution in [2.24, 2.45) is 11.1 Å². The lowest BCUT2D eigenvalue weighted by Gasteiger charge is -2.32. The minimum atomic E-state index is -1.04. The zero-order valence-corrected chi connectivity index (χ0v) is 24.3. The number of amides is 4. The van der Waals surface area contributed by atoms with Gasteiger partial charge < -0.3 is 31.4 Å². The Morgan fingerprint density at radius 1 is 1.00 bits per heavy atom. The van der Waals surface area contributed by atoms with E-state index in [9.17, 15) is 24.0 Å². The highest BCUT2D eigenvalue weighted by atomic mass is 16.5. The molecule has 2 aromatic rings. The van der Waals surface area contributed by atoms with Crippen molar-refractivity contribution in [3.8, 4) is 0 Å². The second kappa shape index (κ2) is 15.4. The maximum atomic E-state index is 13.6. The Morgan fingerprint density at radius 3 is 2.24 bits per heavy atom. The molecule has 3 atom stereocenters. The van der Waals surface area contributed by atoms with E-state index in [1.165, 1.54) is 12.2 Å². The maximum Gasteiger partial charge on any atom is 0.330 e. The summed E-state index contributed by atoms with van der Waals surface area (Å²) < 4.78 is 4.90. The Morgan fingerprint density at radius 2 is 1.68 bits per heavy atom. The first-order valence-electron chi connectivity index (χ1n) is 13.5. The highest BCUT2D eigenvalue weighted by Gasteiger charge is 2.35. The molecule has 11 heteroatoms. The fourth-order valence-electron chi connectivity index (χ4n) is 3.96. The van der Waals surface area contributed by atoms with Crippen molar-refractivity contribution in [2.75, 3.05) is 6.61 Å². The smallest absolute Gasteiger partial charge is 0.330 e. The SMILES string of the molecule is CCOC(=O)/C=C/[C@H](CCC(N)=O)NC(=O)[C@H](Cc1ccc(C)cc1)NC(=O)[C@@H](NC(=O)c1ccc[nH]1)C(C)(C)C. The Balaban J connectivity index is 2.31. The molecular weight excluding hydrogens is 526 g/mol. The number of H-pyrrole nitrogens is 1. The van der Waals surface area contributed by atoms with Gasteiger partial charge in [-0.2, -0.15) is 0 Å². The lowest BCUT2D eigenvalue weighted by Crippen LogP contribution is -2.58. The fourth-order valence-corrected chi connectivity index (χ4v) is 3.96. The molecule has 1 heterocycles. The predicted molar refractivity (Wildman–Crippen MR) is 154 cm³/mol. The number of primary amides is 1. The van der Waals surface area contributed by atoms with Crippen molar-refractivity contribution in [1.82, 2.24) is 20.9 Å². The van der Waals surface area contributed by atoms with Gasteiger partial charge in [-0.25, -0.2) is 4.79 Å². The molecule has 0 radical (unpaired) electrons. The van der Waals surface area contributed by atoms with Crippen molar-refractivity contribution in [1.29, 1.82) is 0 Å². The Labute approximate surface area is 240 Å². The van der Waals surface area contributed by atoms with Crippen molar-refractivity contribution < 1.29 is 28.7 Å². The molecule has 0 unspecified atom stereocenters. The standard InChI is InChI=1S/C30H41N5O6/c1-6-41-25(37)16-14-21(13-15-24(31)36)33-28(39)23(18-20-11-9-19(2)10-12-20)34-29(40)26(30(3,4)5)35-27(38)22-8-7-17-32-22/h7-12,14,16-17,21,23,26,32H,6,13,15,18H2,1-5H3,(H2,31,36)(H,33,39)(H,34,40)(H,35,38)/b16-14+/t21-,23-,26+/m0/s1. The number of rotatable bonds is 14. The van der Waals surface area contributed by atoms with Crippen molar-refractivity contribution >= 4 is 29.6 Å². The van der Waals surface area contributed by atoms with E-state index in [4.69, 9.17) is 10.5 Å². The van der Waals surface area contributed by atoms with Gasteiger partial charge in [0.15, 0.2) is 0 Å². The number of aromatic nitrogens is 1. The van der Waals surface area contributed by atoms with Crippen LogP contribution < -0.4 is 21.7 Å². The molecule has 0 fully saturated rings. The van der Waals surface area contributed by atoms with Crippen LogP contribution in [0.3, 0.4) is 0 Å². The van der Waals surface area contributed by atoms with Gasteiger partial charge in [-0.05, 0) is 43.4 Å². The number of esters is 1. The van der Waals surface area contributed by atoms with E-state index in [1.807, 2.05) is 31.2 Å². The van der Waals surface area contributed by atoms with Gasteiger partial charge in [0.25, 0.3) is 5.91 Å². The summed E-state index contributed by atoms with van der Waals surface area (Å²) in [6.45, 7) is 9.21. The zero-order valence-electron chi connectivity index (χ0n) is 24.3. The lowest BCUT2D eigenvalue weighted by molar-refractivity contribution is -0.137. The molecule has 4 amide bonds. The van der Waals surface area contributed by atoms with Crippen LogP contribution in [0.15, 0.2) is 54.7 Å². The predicted octanol–water partition coefficient (Wildman–Crippen LogP) is 2.06. The van der Waals surface area contributed by atoms with Gasteiger partial charge in [-0.1, -0.05) is 56.7 Å². The molecule has 0 aliphatic rings. The molecule has 0 aliphatic carbocycles. The summed E-state index contributed by atoms with van der Waals surface area (Å²) in [4.78, 5) is 66.0. The molecular formula is C30H41N5O6. The van der Waals surface area contributed by atoms with Crippen molar-refractivity contribution in [3.05, 3.63) is 71.6 Å². The van der Waals surface area contributed by atoms with Crippen LogP contribution in [0.4, 0.5) is 0 Å². The van der Waals surface area contributed by atoms with Gasteiger partial charge in [-0.15, -0.1) is 0 Å². The molecule has 0 aliphatic heterocycles. The lowest BCUT2D eigenvalue weighted by atomic mass is 9.85. The molecule has 0 saturated carbocycles. The third-order valence-electron chi connectivity index (χ3n) is 6.22. The number of benzene rings is 1. The highest BCUT2D eigenvalue weighted by Crippen LogP contribution is 2.20. The van der Waals surface area contributed by atoms with Crippen LogP contribution in [0.25, 0.3) is 0 Å². The largest absolute Gasteiger partial charge is 0.463 e. The number of nitrogens with two attached hydrogens (primary N) is 1. The average Bonchev–Trinajstić information content (AvgIpc) is 3.44. The second-order valence-corrected chi connectivity index (χ2v) is 10.8. The second-order valence-electron chi connectivity index (χ2n) is 10.8. The zero-order chi connectivity index (χ0) is 30.6. The number of aromatic amines is 1. The van der Waals surface area contributed by atoms with Crippen LogP contribution in [0.2, 0.25) is 0 Å². The van der Waals surface area contributed by atoms with E-state index in [1.54, 1.807) is 46.0 Å². The molecule has 0 bridgehead atoms. The van der Waals surface area contributed by atoms with E-state index in [0.717, 1.165) is 11.1 Å². The minimum Gasteiger partial charge on any atom is -0.463 e.